The lowest BCUT2D eigenvalue weighted by molar-refractivity contribution is 0.0576. The summed E-state index contributed by atoms with van der Waals surface area (Å²) in [7, 11) is 3.37. The van der Waals surface area contributed by atoms with Gasteiger partial charge in [0, 0.05) is 49.7 Å². The van der Waals surface area contributed by atoms with Crippen molar-refractivity contribution in [2.24, 2.45) is 0 Å². The number of urea groups is 1. The van der Waals surface area contributed by atoms with Crippen LogP contribution in [-0.4, -0.2) is 77.6 Å². The highest BCUT2D eigenvalue weighted by Crippen LogP contribution is 2.46. The first-order valence-electron chi connectivity index (χ1n) is 13.0. The van der Waals surface area contributed by atoms with Gasteiger partial charge in [0.05, 0.1) is 37.6 Å². The second kappa shape index (κ2) is 10.7. The largest absolute Gasteiger partial charge is 0.501 e. The van der Waals surface area contributed by atoms with Crippen molar-refractivity contribution in [1.29, 1.82) is 0 Å². The van der Waals surface area contributed by atoms with Gasteiger partial charge in [0.15, 0.2) is 0 Å². The van der Waals surface area contributed by atoms with Gasteiger partial charge in [-0.3, -0.25) is 9.69 Å². The number of likely N-dealkylation sites (tertiary alicyclic amines) is 1. The fourth-order valence-electron chi connectivity index (χ4n) is 5.86. The summed E-state index contributed by atoms with van der Waals surface area (Å²) in [6, 6.07) is 1.84. The number of amides is 3. The Labute approximate surface area is 213 Å². The maximum absolute atomic E-state index is 13.7. The Hall–Kier alpha value is -3.42. The van der Waals surface area contributed by atoms with E-state index in [9.17, 15) is 9.59 Å². The molecule has 1 aliphatic carbocycles. The van der Waals surface area contributed by atoms with Crippen LogP contribution < -0.4 is 0 Å². The monoisotopic (exact) mass is 494 g/mol. The Balaban J connectivity index is 0.00000148. The number of hydrogen-bond acceptors (Lipinski definition) is 4. The molecule has 0 saturated carbocycles. The number of ether oxygens (including phenoxy) is 2. The number of aromatic nitrogens is 1. The highest BCUT2D eigenvalue weighted by Gasteiger charge is 2.54. The average Bonchev–Trinajstić information content (AvgIpc) is 3.40. The van der Waals surface area contributed by atoms with Crippen molar-refractivity contribution < 1.29 is 19.1 Å². The van der Waals surface area contributed by atoms with Crippen LogP contribution in [0.15, 0.2) is 65.0 Å². The number of aromatic amines is 1. The van der Waals surface area contributed by atoms with Crippen molar-refractivity contribution in [3.63, 3.8) is 0 Å². The molecule has 2 saturated heterocycles. The average molecular weight is 495 g/mol. The second-order valence-electron chi connectivity index (χ2n) is 9.13. The maximum atomic E-state index is 13.7. The predicted molar refractivity (Wildman–Crippen MR) is 139 cm³/mol. The smallest absolute Gasteiger partial charge is 0.325 e. The molecule has 4 heterocycles. The van der Waals surface area contributed by atoms with Crippen LogP contribution in [0, 0.1) is 0 Å². The summed E-state index contributed by atoms with van der Waals surface area (Å²) < 4.78 is 11.3. The first-order valence-corrected chi connectivity index (χ1v) is 13.0. The molecule has 1 aromatic heterocycles. The van der Waals surface area contributed by atoms with Crippen molar-refractivity contribution >= 4 is 11.9 Å². The number of H-pyrrole nitrogens is 1. The van der Waals surface area contributed by atoms with Gasteiger partial charge in [-0.2, -0.15) is 0 Å². The zero-order valence-corrected chi connectivity index (χ0v) is 22.1. The van der Waals surface area contributed by atoms with E-state index in [-0.39, 0.29) is 11.9 Å². The van der Waals surface area contributed by atoms with Crippen LogP contribution in [0.5, 0.6) is 0 Å². The Morgan fingerprint density at radius 3 is 2.47 bits per heavy atom. The Morgan fingerprint density at radius 2 is 1.86 bits per heavy atom. The number of piperidine rings is 1. The number of allylic oxidation sites excluding steroid dienone is 3. The molecule has 0 atom stereocenters. The van der Waals surface area contributed by atoms with E-state index in [0.29, 0.717) is 44.6 Å². The summed E-state index contributed by atoms with van der Waals surface area (Å²) in [6.45, 7) is 8.38. The van der Waals surface area contributed by atoms with E-state index in [1.54, 1.807) is 32.7 Å². The summed E-state index contributed by atoms with van der Waals surface area (Å²) >= 11 is 0. The lowest BCUT2D eigenvalue weighted by Crippen LogP contribution is -2.54. The van der Waals surface area contributed by atoms with E-state index in [1.165, 1.54) is 0 Å². The minimum atomic E-state index is -0.393. The topological polar surface area (TPSA) is 78.1 Å². The van der Waals surface area contributed by atoms with E-state index in [2.05, 4.69) is 17.1 Å². The summed E-state index contributed by atoms with van der Waals surface area (Å²) in [6.07, 6.45) is 12.6. The zero-order chi connectivity index (χ0) is 25.9. The van der Waals surface area contributed by atoms with Gasteiger partial charge in [-0.25, -0.2) is 4.79 Å². The molecular formula is C28H38N4O4. The number of carbonyl (C=O) groups excluding carboxylic acids is 2. The Morgan fingerprint density at radius 1 is 1.11 bits per heavy atom. The molecule has 1 N–H and O–H groups in total. The summed E-state index contributed by atoms with van der Waals surface area (Å²) in [5.41, 5.74) is 3.49. The van der Waals surface area contributed by atoms with Crippen molar-refractivity contribution in [3.8, 4) is 0 Å². The van der Waals surface area contributed by atoms with Gasteiger partial charge in [-0.1, -0.05) is 19.9 Å². The lowest BCUT2D eigenvalue weighted by Gasteiger charge is -2.44. The first-order chi connectivity index (χ1) is 17.5. The predicted octanol–water partition coefficient (Wildman–Crippen LogP) is 4.82. The van der Waals surface area contributed by atoms with E-state index < -0.39 is 5.54 Å². The highest BCUT2D eigenvalue weighted by atomic mass is 16.5. The number of likely N-dealkylation sites (N-methyl/N-ethyl adjacent to an activating group) is 1. The molecule has 0 bridgehead atoms. The van der Waals surface area contributed by atoms with Crippen LogP contribution in [-0.2, 0) is 9.47 Å². The number of carbonyl (C=O) groups is 2. The molecule has 1 aromatic rings. The van der Waals surface area contributed by atoms with Crippen LogP contribution in [0.3, 0.4) is 0 Å². The molecule has 0 unspecified atom stereocenters. The van der Waals surface area contributed by atoms with Gasteiger partial charge in [-0.15, -0.1) is 0 Å². The summed E-state index contributed by atoms with van der Waals surface area (Å²) in [5.74, 6) is 1.74. The standard InChI is InChI=1S/C26H32N4O4.C2H6/c1-4-30-25(32)29-17-19-15-20(33-2)5-7-22(34-3)21(19)6-8-23(29)26(30)10-13-28(14-11-26)24(31)18-9-12-27-16-18;1-2/h7-9,12,15-16,27H,4-6,10-11,13-14,17H2,1-3H3;1-2H3. The molecule has 0 aromatic carbocycles. The second-order valence-corrected chi connectivity index (χ2v) is 9.13. The number of fused-ring (bicyclic) bond motifs is 2. The number of methoxy groups -OCH3 is 2. The van der Waals surface area contributed by atoms with E-state index in [0.717, 1.165) is 41.2 Å². The minimum Gasteiger partial charge on any atom is -0.501 e. The molecule has 3 aliphatic heterocycles. The van der Waals surface area contributed by atoms with Gasteiger partial charge in [0.2, 0.25) is 0 Å². The van der Waals surface area contributed by atoms with E-state index >= 15 is 0 Å². The molecule has 1 spiro atoms. The van der Waals surface area contributed by atoms with Crippen LogP contribution in [0.2, 0.25) is 0 Å². The fraction of sp³-hybridized carbons (Fsp3) is 0.500. The molecule has 5 rings (SSSR count). The SMILES string of the molecule is CC.CCN1C(=O)N2CC3=C(CC=C2C12CCN(C(=O)c1cc[nH]c1)CC2)C(OC)=CCC(OC)=C3. The van der Waals surface area contributed by atoms with E-state index in [1.807, 2.05) is 41.5 Å². The van der Waals surface area contributed by atoms with Gasteiger partial charge in [-0.05, 0) is 50.0 Å². The van der Waals surface area contributed by atoms with Crippen molar-refractivity contribution in [2.45, 2.75) is 52.0 Å². The van der Waals surface area contributed by atoms with Gasteiger partial charge >= 0.3 is 6.03 Å². The van der Waals surface area contributed by atoms with Gasteiger partial charge < -0.3 is 24.3 Å². The fourth-order valence-corrected chi connectivity index (χ4v) is 5.86. The molecule has 8 heteroatoms. The molecular weight excluding hydrogens is 456 g/mol. The number of nitrogens with one attached hydrogen (secondary N) is 1. The Kier molecular flexibility index (Phi) is 7.62. The molecule has 194 valence electrons. The molecule has 0 radical (unpaired) electrons. The van der Waals surface area contributed by atoms with Crippen LogP contribution in [0.4, 0.5) is 4.79 Å². The van der Waals surface area contributed by atoms with Crippen molar-refractivity contribution in [3.05, 3.63) is 70.6 Å². The summed E-state index contributed by atoms with van der Waals surface area (Å²) in [5, 5.41) is 0. The number of hydrogen-bond donors (Lipinski definition) is 1. The Bertz CT molecular complexity index is 1100. The quantitative estimate of drug-likeness (QED) is 0.651. The highest BCUT2D eigenvalue weighted by molar-refractivity contribution is 5.94. The molecule has 8 nitrogen and oxygen atoms in total. The molecule has 4 aliphatic rings. The molecule has 2 fully saturated rings. The number of nitrogens with zero attached hydrogens (tertiary/aromatic N) is 3. The third-order valence-corrected chi connectivity index (χ3v) is 7.60. The van der Waals surface area contributed by atoms with Crippen LogP contribution >= 0.6 is 0 Å². The lowest BCUT2D eigenvalue weighted by atomic mass is 9.82. The molecule has 36 heavy (non-hydrogen) atoms. The minimum absolute atomic E-state index is 0.0347. The van der Waals surface area contributed by atoms with E-state index in [4.69, 9.17) is 9.47 Å². The first kappa shape index (κ1) is 25.7. The molecule has 3 amide bonds. The normalized spacial score (nSPS) is 20.9. The van der Waals surface area contributed by atoms with Gasteiger partial charge in [0.25, 0.3) is 5.91 Å². The van der Waals surface area contributed by atoms with Crippen LogP contribution in [0.25, 0.3) is 0 Å². The van der Waals surface area contributed by atoms with Gasteiger partial charge in [0.1, 0.15) is 5.76 Å². The van der Waals surface area contributed by atoms with Crippen molar-refractivity contribution in [1.82, 2.24) is 19.7 Å². The summed E-state index contributed by atoms with van der Waals surface area (Å²) in [4.78, 5) is 35.4. The van der Waals surface area contributed by atoms with Crippen molar-refractivity contribution in [2.75, 3.05) is 40.4 Å². The third-order valence-electron chi connectivity index (χ3n) is 7.60. The number of rotatable bonds is 4. The van der Waals surface area contributed by atoms with Crippen LogP contribution in [0.1, 0.15) is 56.8 Å². The maximum Gasteiger partial charge on any atom is 0.325 e. The zero-order valence-electron chi connectivity index (χ0n) is 22.1. The third kappa shape index (κ3) is 4.22.